The van der Waals surface area contributed by atoms with Crippen LogP contribution in [0.4, 0.5) is 0 Å². The van der Waals surface area contributed by atoms with E-state index in [2.05, 4.69) is 16.0 Å². The maximum absolute atomic E-state index is 12.2. The summed E-state index contributed by atoms with van der Waals surface area (Å²) in [6.45, 7) is 0. The van der Waals surface area contributed by atoms with Crippen molar-refractivity contribution in [3.63, 3.8) is 0 Å². The number of carbonyl (C=O) groups excluding carboxylic acids is 1. The first-order valence-electron chi connectivity index (χ1n) is 7.52. The number of aromatic nitrogens is 2. The molecule has 4 rings (SSSR count). The summed E-state index contributed by atoms with van der Waals surface area (Å²) in [4.78, 5) is 19.9. The zero-order valence-corrected chi connectivity index (χ0v) is 12.1. The fourth-order valence-corrected chi connectivity index (χ4v) is 3.11. The van der Waals surface area contributed by atoms with E-state index >= 15 is 0 Å². The van der Waals surface area contributed by atoms with Crippen LogP contribution in [0.5, 0.6) is 0 Å². The topological polar surface area (TPSA) is 55.0 Å². The Balaban J connectivity index is 1.56. The standard InChI is InChI=1S/C18H16N2O2/c21-18(12-5-2-1-3-6-12)22-13-8-9-16-15(11-13)14-7-4-10-19-17(14)20-16/h1-7,10,13H,8-9,11H2,(H,19,20)/t13-/m1/s1. The Morgan fingerprint density at radius 2 is 2.05 bits per heavy atom. The highest BCUT2D eigenvalue weighted by Crippen LogP contribution is 2.29. The van der Waals surface area contributed by atoms with Crippen LogP contribution in [-0.4, -0.2) is 22.0 Å². The Morgan fingerprint density at radius 3 is 2.91 bits per heavy atom. The highest BCUT2D eigenvalue weighted by atomic mass is 16.5. The number of hydrogen-bond donors (Lipinski definition) is 1. The Bertz CT molecular complexity index is 823. The van der Waals surface area contributed by atoms with Crippen molar-refractivity contribution in [2.75, 3.05) is 0 Å². The molecule has 1 aliphatic rings. The Morgan fingerprint density at radius 1 is 1.18 bits per heavy atom. The molecule has 2 aromatic heterocycles. The van der Waals surface area contributed by atoms with Gasteiger partial charge in [-0.15, -0.1) is 0 Å². The number of esters is 1. The maximum Gasteiger partial charge on any atom is 0.338 e. The molecule has 0 saturated carbocycles. The highest BCUT2D eigenvalue weighted by molar-refractivity contribution is 5.89. The Hall–Kier alpha value is -2.62. The number of fused-ring (bicyclic) bond motifs is 3. The van der Waals surface area contributed by atoms with Gasteiger partial charge in [0, 0.05) is 23.7 Å². The van der Waals surface area contributed by atoms with Gasteiger partial charge in [-0.2, -0.15) is 0 Å². The lowest BCUT2D eigenvalue weighted by atomic mass is 9.93. The van der Waals surface area contributed by atoms with Gasteiger partial charge in [-0.1, -0.05) is 18.2 Å². The Labute approximate surface area is 128 Å². The van der Waals surface area contributed by atoms with Crippen molar-refractivity contribution in [1.29, 1.82) is 0 Å². The number of pyridine rings is 1. The molecule has 22 heavy (non-hydrogen) atoms. The van der Waals surface area contributed by atoms with Crippen LogP contribution in [0.15, 0.2) is 48.7 Å². The molecule has 4 nitrogen and oxygen atoms in total. The summed E-state index contributed by atoms with van der Waals surface area (Å²) in [6.07, 6.45) is 4.20. The van der Waals surface area contributed by atoms with Gasteiger partial charge < -0.3 is 9.72 Å². The normalized spacial score (nSPS) is 17.2. The third kappa shape index (κ3) is 2.26. The lowest BCUT2D eigenvalue weighted by Crippen LogP contribution is -2.25. The quantitative estimate of drug-likeness (QED) is 0.737. The molecule has 1 aromatic carbocycles. The zero-order valence-electron chi connectivity index (χ0n) is 12.1. The van der Waals surface area contributed by atoms with Gasteiger partial charge in [-0.25, -0.2) is 9.78 Å². The molecule has 0 saturated heterocycles. The molecular weight excluding hydrogens is 276 g/mol. The first-order chi connectivity index (χ1) is 10.8. The second kappa shape index (κ2) is 5.30. The van der Waals surface area contributed by atoms with E-state index in [1.54, 1.807) is 18.3 Å². The van der Waals surface area contributed by atoms with Crippen LogP contribution in [0.3, 0.4) is 0 Å². The number of aromatic amines is 1. The number of rotatable bonds is 2. The van der Waals surface area contributed by atoms with Crippen molar-refractivity contribution >= 4 is 17.0 Å². The van der Waals surface area contributed by atoms with E-state index < -0.39 is 0 Å². The van der Waals surface area contributed by atoms with Gasteiger partial charge in [-0.05, 0) is 42.7 Å². The number of carbonyl (C=O) groups is 1. The molecule has 1 N–H and O–H groups in total. The predicted octanol–water partition coefficient (Wildman–Crippen LogP) is 3.28. The van der Waals surface area contributed by atoms with Crippen molar-refractivity contribution in [2.24, 2.45) is 0 Å². The number of H-pyrrole nitrogens is 1. The van der Waals surface area contributed by atoms with Crippen LogP contribution in [0, 0.1) is 0 Å². The molecule has 0 spiro atoms. The molecule has 1 atom stereocenters. The lowest BCUT2D eigenvalue weighted by Gasteiger charge is -2.22. The fraction of sp³-hybridized carbons (Fsp3) is 0.222. The SMILES string of the molecule is O=C(O[C@@H]1CCc2[nH]c3ncccc3c2C1)c1ccccc1. The predicted molar refractivity (Wildman–Crippen MR) is 83.8 cm³/mol. The maximum atomic E-state index is 12.2. The summed E-state index contributed by atoms with van der Waals surface area (Å²) in [6, 6.07) is 13.2. The average molecular weight is 292 g/mol. The number of hydrogen-bond acceptors (Lipinski definition) is 3. The first kappa shape index (κ1) is 13.1. The summed E-state index contributed by atoms with van der Waals surface area (Å²) >= 11 is 0. The monoisotopic (exact) mass is 292 g/mol. The summed E-state index contributed by atoms with van der Waals surface area (Å²) in [7, 11) is 0. The van der Waals surface area contributed by atoms with Crippen LogP contribution in [-0.2, 0) is 17.6 Å². The van der Waals surface area contributed by atoms with Crippen molar-refractivity contribution in [1.82, 2.24) is 9.97 Å². The molecule has 110 valence electrons. The van der Waals surface area contributed by atoms with Crippen LogP contribution in [0.25, 0.3) is 11.0 Å². The van der Waals surface area contributed by atoms with Crippen LogP contribution < -0.4 is 0 Å². The van der Waals surface area contributed by atoms with Crippen molar-refractivity contribution < 1.29 is 9.53 Å². The second-order valence-corrected chi connectivity index (χ2v) is 5.62. The fourth-order valence-electron chi connectivity index (χ4n) is 3.11. The molecule has 0 bridgehead atoms. The minimum Gasteiger partial charge on any atom is -0.458 e. The highest BCUT2D eigenvalue weighted by Gasteiger charge is 2.25. The van der Waals surface area contributed by atoms with E-state index in [0.717, 1.165) is 30.3 Å². The zero-order chi connectivity index (χ0) is 14.9. The van der Waals surface area contributed by atoms with Gasteiger partial charge in [0.25, 0.3) is 0 Å². The van der Waals surface area contributed by atoms with E-state index in [9.17, 15) is 4.79 Å². The summed E-state index contributed by atoms with van der Waals surface area (Å²) in [5, 5.41) is 1.14. The summed E-state index contributed by atoms with van der Waals surface area (Å²) in [5.41, 5.74) is 3.98. The van der Waals surface area contributed by atoms with E-state index in [1.165, 1.54) is 11.3 Å². The van der Waals surface area contributed by atoms with E-state index in [0.29, 0.717) is 5.56 Å². The van der Waals surface area contributed by atoms with Gasteiger partial charge in [0.2, 0.25) is 0 Å². The van der Waals surface area contributed by atoms with Crippen molar-refractivity contribution in [3.05, 3.63) is 65.5 Å². The molecule has 0 amide bonds. The molecule has 2 heterocycles. The minimum atomic E-state index is -0.244. The molecule has 0 unspecified atom stereocenters. The van der Waals surface area contributed by atoms with E-state index in [1.807, 2.05) is 24.3 Å². The first-order valence-corrected chi connectivity index (χ1v) is 7.52. The van der Waals surface area contributed by atoms with E-state index in [-0.39, 0.29) is 12.1 Å². The summed E-state index contributed by atoms with van der Waals surface area (Å²) < 4.78 is 5.68. The molecule has 1 aliphatic carbocycles. The third-order valence-electron chi connectivity index (χ3n) is 4.20. The van der Waals surface area contributed by atoms with Crippen LogP contribution in [0.2, 0.25) is 0 Å². The number of nitrogens with one attached hydrogen (secondary N) is 1. The molecule has 4 heteroatoms. The third-order valence-corrected chi connectivity index (χ3v) is 4.20. The number of ether oxygens (including phenoxy) is 1. The molecular formula is C18H16N2O2. The van der Waals surface area contributed by atoms with Gasteiger partial charge in [0.1, 0.15) is 11.8 Å². The van der Waals surface area contributed by atoms with Crippen molar-refractivity contribution in [2.45, 2.75) is 25.4 Å². The average Bonchev–Trinajstić information content (AvgIpc) is 2.94. The van der Waals surface area contributed by atoms with Gasteiger partial charge >= 0.3 is 5.97 Å². The number of nitrogens with zero attached hydrogens (tertiary/aromatic N) is 1. The molecule has 0 aliphatic heterocycles. The van der Waals surface area contributed by atoms with Crippen LogP contribution in [0.1, 0.15) is 28.0 Å². The van der Waals surface area contributed by atoms with Gasteiger partial charge in [-0.3, -0.25) is 0 Å². The number of aryl methyl sites for hydroxylation is 1. The van der Waals surface area contributed by atoms with Gasteiger partial charge in [0.05, 0.1) is 5.56 Å². The molecule has 0 radical (unpaired) electrons. The lowest BCUT2D eigenvalue weighted by molar-refractivity contribution is 0.0271. The molecule has 0 fully saturated rings. The molecule has 3 aromatic rings. The number of benzene rings is 1. The Kier molecular flexibility index (Phi) is 3.15. The van der Waals surface area contributed by atoms with Gasteiger partial charge in [0.15, 0.2) is 0 Å². The van der Waals surface area contributed by atoms with Crippen LogP contribution >= 0.6 is 0 Å². The summed E-state index contributed by atoms with van der Waals surface area (Å²) in [5.74, 6) is -0.244. The minimum absolute atomic E-state index is 0.0700. The smallest absolute Gasteiger partial charge is 0.338 e. The second-order valence-electron chi connectivity index (χ2n) is 5.62. The van der Waals surface area contributed by atoms with E-state index in [4.69, 9.17) is 4.74 Å². The largest absolute Gasteiger partial charge is 0.458 e. The van der Waals surface area contributed by atoms with Crippen molar-refractivity contribution in [3.8, 4) is 0 Å².